The van der Waals surface area contributed by atoms with E-state index in [1.165, 1.54) is 0 Å². The molecule has 0 unspecified atom stereocenters. The number of hydrogen-bond donors (Lipinski definition) is 1. The van der Waals surface area contributed by atoms with Crippen LogP contribution in [0.5, 0.6) is 0 Å². The van der Waals surface area contributed by atoms with Crippen LogP contribution < -0.4 is 5.32 Å². The van der Waals surface area contributed by atoms with Gasteiger partial charge in [-0.05, 0) is 50.7 Å². The number of aromatic nitrogens is 2. The fourth-order valence-electron chi connectivity index (χ4n) is 1.58. The van der Waals surface area contributed by atoms with E-state index in [4.69, 9.17) is 0 Å². The zero-order valence-electron chi connectivity index (χ0n) is 8.90. The third-order valence-corrected chi connectivity index (χ3v) is 2.38. The molecular formula is C12H15N3. The molecular weight excluding hydrogens is 186 g/mol. The normalized spacial score (nSPS) is 10.7. The molecule has 1 N–H and O–H groups in total. The van der Waals surface area contributed by atoms with Crippen LogP contribution in [0, 0.1) is 0 Å². The predicted molar refractivity (Wildman–Crippen MR) is 61.8 cm³/mol. The van der Waals surface area contributed by atoms with Crippen molar-refractivity contribution in [3.63, 3.8) is 0 Å². The molecule has 0 aromatic carbocycles. The van der Waals surface area contributed by atoms with Crippen LogP contribution in [0.1, 0.15) is 12.1 Å². The van der Waals surface area contributed by atoms with Crippen molar-refractivity contribution in [3.05, 3.63) is 36.2 Å². The maximum atomic E-state index is 4.51. The van der Waals surface area contributed by atoms with Gasteiger partial charge >= 0.3 is 0 Å². The Bertz CT molecular complexity index is 440. The van der Waals surface area contributed by atoms with Crippen LogP contribution in [0.15, 0.2) is 30.5 Å². The maximum absolute atomic E-state index is 4.51. The minimum Gasteiger partial charge on any atom is -0.320 e. The van der Waals surface area contributed by atoms with Crippen molar-refractivity contribution in [2.45, 2.75) is 12.8 Å². The fraction of sp³-hybridized carbons (Fsp3) is 0.333. The van der Waals surface area contributed by atoms with E-state index in [2.05, 4.69) is 27.4 Å². The first-order valence-electron chi connectivity index (χ1n) is 5.25. The highest BCUT2D eigenvalue weighted by Crippen LogP contribution is 2.09. The molecule has 0 aliphatic heterocycles. The largest absolute Gasteiger partial charge is 0.320 e. The van der Waals surface area contributed by atoms with Gasteiger partial charge in [-0.15, -0.1) is 0 Å². The van der Waals surface area contributed by atoms with Crippen LogP contribution in [0.25, 0.3) is 11.0 Å². The molecule has 0 aliphatic carbocycles. The van der Waals surface area contributed by atoms with Crippen molar-refractivity contribution in [3.8, 4) is 0 Å². The number of hydrogen-bond acceptors (Lipinski definition) is 3. The van der Waals surface area contributed by atoms with Crippen molar-refractivity contribution in [1.29, 1.82) is 0 Å². The monoisotopic (exact) mass is 201 g/mol. The Morgan fingerprint density at radius 3 is 3.07 bits per heavy atom. The van der Waals surface area contributed by atoms with Gasteiger partial charge in [0.05, 0.1) is 0 Å². The highest BCUT2D eigenvalue weighted by atomic mass is 14.8. The van der Waals surface area contributed by atoms with E-state index in [1.54, 1.807) is 6.20 Å². The molecule has 0 fully saturated rings. The molecule has 0 saturated carbocycles. The molecule has 2 aromatic rings. The van der Waals surface area contributed by atoms with E-state index in [1.807, 2.05) is 19.2 Å². The Hall–Kier alpha value is -1.48. The molecule has 0 radical (unpaired) electrons. The molecule has 3 nitrogen and oxygen atoms in total. The Morgan fingerprint density at radius 2 is 2.20 bits per heavy atom. The van der Waals surface area contributed by atoms with E-state index in [9.17, 15) is 0 Å². The number of pyridine rings is 2. The predicted octanol–water partition coefficient (Wildman–Crippen LogP) is 1.78. The van der Waals surface area contributed by atoms with Gasteiger partial charge in [0.2, 0.25) is 0 Å². The first kappa shape index (κ1) is 10.1. The SMILES string of the molecule is CNCCCc1ccc2cccnc2n1. The van der Waals surface area contributed by atoms with Gasteiger partial charge < -0.3 is 5.32 Å². The van der Waals surface area contributed by atoms with Crippen molar-refractivity contribution < 1.29 is 0 Å². The summed E-state index contributed by atoms with van der Waals surface area (Å²) in [5, 5.41) is 4.24. The highest BCUT2D eigenvalue weighted by molar-refractivity contribution is 5.74. The average molecular weight is 201 g/mol. The second kappa shape index (κ2) is 4.84. The van der Waals surface area contributed by atoms with Crippen molar-refractivity contribution in [2.24, 2.45) is 0 Å². The molecule has 2 heterocycles. The zero-order valence-corrected chi connectivity index (χ0v) is 8.90. The molecule has 0 amide bonds. The Labute approximate surface area is 89.6 Å². The van der Waals surface area contributed by atoms with Crippen molar-refractivity contribution in [1.82, 2.24) is 15.3 Å². The van der Waals surface area contributed by atoms with E-state index in [-0.39, 0.29) is 0 Å². The van der Waals surface area contributed by atoms with Crippen LogP contribution in [0.4, 0.5) is 0 Å². The lowest BCUT2D eigenvalue weighted by Gasteiger charge is -2.01. The molecule has 0 bridgehead atoms. The van der Waals surface area contributed by atoms with Gasteiger partial charge in [-0.1, -0.05) is 0 Å². The van der Waals surface area contributed by atoms with Gasteiger partial charge in [0.25, 0.3) is 0 Å². The maximum Gasteiger partial charge on any atom is 0.159 e. The number of nitrogens with one attached hydrogen (secondary N) is 1. The third-order valence-electron chi connectivity index (χ3n) is 2.38. The smallest absolute Gasteiger partial charge is 0.159 e. The second-order valence-corrected chi connectivity index (χ2v) is 3.56. The number of nitrogens with zero attached hydrogens (tertiary/aromatic N) is 2. The average Bonchev–Trinajstić information content (AvgIpc) is 2.29. The summed E-state index contributed by atoms with van der Waals surface area (Å²) in [6.45, 7) is 1.03. The highest BCUT2D eigenvalue weighted by Gasteiger charge is 1.98. The van der Waals surface area contributed by atoms with E-state index in [0.717, 1.165) is 36.1 Å². The van der Waals surface area contributed by atoms with Gasteiger partial charge in [-0.2, -0.15) is 0 Å². The first-order valence-corrected chi connectivity index (χ1v) is 5.25. The van der Waals surface area contributed by atoms with Crippen molar-refractivity contribution >= 4 is 11.0 Å². The van der Waals surface area contributed by atoms with Gasteiger partial charge in [-0.3, -0.25) is 0 Å². The second-order valence-electron chi connectivity index (χ2n) is 3.56. The lowest BCUT2D eigenvalue weighted by molar-refractivity contribution is 0.716. The van der Waals surface area contributed by atoms with E-state index >= 15 is 0 Å². The molecule has 2 rings (SSSR count). The molecule has 0 saturated heterocycles. The Morgan fingerprint density at radius 1 is 1.27 bits per heavy atom. The zero-order chi connectivity index (χ0) is 10.5. The van der Waals surface area contributed by atoms with Crippen molar-refractivity contribution in [2.75, 3.05) is 13.6 Å². The summed E-state index contributed by atoms with van der Waals surface area (Å²) in [7, 11) is 1.97. The van der Waals surface area contributed by atoms with Crippen LogP contribution in [-0.4, -0.2) is 23.6 Å². The van der Waals surface area contributed by atoms with E-state index < -0.39 is 0 Å². The quantitative estimate of drug-likeness (QED) is 0.766. The molecule has 2 aromatic heterocycles. The number of rotatable bonds is 4. The third kappa shape index (κ3) is 2.50. The summed E-state index contributed by atoms with van der Waals surface area (Å²) in [5.74, 6) is 0. The summed E-state index contributed by atoms with van der Waals surface area (Å²) in [6, 6.07) is 8.14. The van der Waals surface area contributed by atoms with Crippen LogP contribution in [-0.2, 0) is 6.42 Å². The molecule has 0 atom stereocenters. The Balaban J connectivity index is 2.16. The number of aryl methyl sites for hydroxylation is 1. The molecule has 0 spiro atoms. The summed E-state index contributed by atoms with van der Waals surface area (Å²) in [6.07, 6.45) is 3.90. The number of fused-ring (bicyclic) bond motifs is 1. The lowest BCUT2D eigenvalue weighted by atomic mass is 10.2. The minimum absolute atomic E-state index is 0.847. The van der Waals surface area contributed by atoms with E-state index in [0.29, 0.717) is 0 Å². The van der Waals surface area contributed by atoms with Gasteiger partial charge in [-0.25, -0.2) is 9.97 Å². The molecule has 78 valence electrons. The summed E-state index contributed by atoms with van der Waals surface area (Å²) < 4.78 is 0. The molecule has 3 heteroatoms. The fourth-order valence-corrected chi connectivity index (χ4v) is 1.58. The minimum atomic E-state index is 0.847. The van der Waals surface area contributed by atoms with Crippen LogP contribution in [0.2, 0.25) is 0 Å². The first-order chi connectivity index (χ1) is 7.40. The van der Waals surface area contributed by atoms with Crippen LogP contribution in [0.3, 0.4) is 0 Å². The van der Waals surface area contributed by atoms with Gasteiger partial charge in [0.1, 0.15) is 0 Å². The summed E-state index contributed by atoms with van der Waals surface area (Å²) in [4.78, 5) is 8.75. The topological polar surface area (TPSA) is 37.8 Å². The van der Waals surface area contributed by atoms with Gasteiger partial charge in [0.15, 0.2) is 5.65 Å². The van der Waals surface area contributed by atoms with Crippen LogP contribution >= 0.6 is 0 Å². The summed E-state index contributed by atoms with van der Waals surface area (Å²) >= 11 is 0. The summed E-state index contributed by atoms with van der Waals surface area (Å²) in [5.41, 5.74) is 1.97. The molecule has 15 heavy (non-hydrogen) atoms. The lowest BCUT2D eigenvalue weighted by Crippen LogP contribution is -2.08. The standard InChI is InChI=1S/C12H15N3/c1-13-8-3-5-11-7-6-10-4-2-9-14-12(10)15-11/h2,4,6-7,9,13H,3,5,8H2,1H3. The Kier molecular flexibility index (Phi) is 3.25. The molecule has 0 aliphatic rings. The van der Waals surface area contributed by atoms with Gasteiger partial charge in [0, 0.05) is 17.3 Å².